The SMILES string of the molecule is C#Cc1c(N2CCC3(CC2)CC3)c2cc(N3CCC3)ccc2[nH]c1=O. The first kappa shape index (κ1) is 14.9. The summed E-state index contributed by atoms with van der Waals surface area (Å²) in [5, 5.41) is 1.09. The third-order valence-corrected chi connectivity index (χ3v) is 6.43. The van der Waals surface area contributed by atoms with Crippen LogP contribution in [0.15, 0.2) is 23.0 Å². The van der Waals surface area contributed by atoms with Gasteiger partial charge in [-0.05, 0) is 55.7 Å². The van der Waals surface area contributed by atoms with Crippen LogP contribution in [0.25, 0.3) is 10.9 Å². The molecule has 3 heterocycles. The van der Waals surface area contributed by atoms with Gasteiger partial charge in [-0.1, -0.05) is 5.92 Å². The zero-order valence-corrected chi connectivity index (χ0v) is 14.5. The molecule has 2 saturated heterocycles. The van der Waals surface area contributed by atoms with Crippen molar-refractivity contribution in [3.8, 4) is 12.3 Å². The molecule has 1 saturated carbocycles. The molecule has 25 heavy (non-hydrogen) atoms. The van der Waals surface area contributed by atoms with E-state index in [2.05, 4.69) is 32.8 Å². The maximum atomic E-state index is 12.5. The summed E-state index contributed by atoms with van der Waals surface area (Å²) in [6, 6.07) is 6.34. The Kier molecular flexibility index (Phi) is 3.15. The number of nitrogens with one attached hydrogen (secondary N) is 1. The lowest BCUT2D eigenvalue weighted by Gasteiger charge is -2.36. The first-order valence-corrected chi connectivity index (χ1v) is 9.36. The number of terminal acetylenes is 1. The van der Waals surface area contributed by atoms with Gasteiger partial charge in [0.15, 0.2) is 0 Å². The predicted molar refractivity (Wildman–Crippen MR) is 102 cm³/mol. The number of piperidine rings is 1. The van der Waals surface area contributed by atoms with Crippen LogP contribution in [0.2, 0.25) is 0 Å². The molecular weight excluding hydrogens is 310 g/mol. The Morgan fingerprint density at radius 2 is 1.80 bits per heavy atom. The van der Waals surface area contributed by atoms with Gasteiger partial charge in [-0.25, -0.2) is 0 Å². The molecule has 3 fully saturated rings. The Labute approximate surface area is 147 Å². The normalized spacial score (nSPS) is 21.2. The summed E-state index contributed by atoms with van der Waals surface area (Å²) in [5.74, 6) is 2.67. The summed E-state index contributed by atoms with van der Waals surface area (Å²) >= 11 is 0. The zero-order valence-electron chi connectivity index (χ0n) is 14.5. The number of fused-ring (bicyclic) bond motifs is 1. The van der Waals surface area contributed by atoms with E-state index < -0.39 is 0 Å². The Hall–Kier alpha value is -2.41. The molecule has 128 valence electrons. The highest BCUT2D eigenvalue weighted by atomic mass is 16.1. The number of hydrogen-bond acceptors (Lipinski definition) is 3. The van der Waals surface area contributed by atoms with E-state index in [0.29, 0.717) is 11.0 Å². The maximum absolute atomic E-state index is 12.5. The van der Waals surface area contributed by atoms with Crippen molar-refractivity contribution in [2.24, 2.45) is 5.41 Å². The lowest BCUT2D eigenvalue weighted by atomic mass is 9.92. The Morgan fingerprint density at radius 1 is 1.04 bits per heavy atom. The van der Waals surface area contributed by atoms with Crippen LogP contribution < -0.4 is 15.4 Å². The Bertz CT molecular complexity index is 934. The molecule has 0 radical (unpaired) electrons. The Balaban J connectivity index is 1.65. The second-order valence-corrected chi connectivity index (χ2v) is 7.88. The van der Waals surface area contributed by atoms with Gasteiger partial charge in [0.25, 0.3) is 5.56 Å². The van der Waals surface area contributed by atoms with Crippen LogP contribution in [0, 0.1) is 17.8 Å². The van der Waals surface area contributed by atoms with E-state index in [0.717, 1.165) is 42.8 Å². The van der Waals surface area contributed by atoms with Crippen molar-refractivity contribution < 1.29 is 0 Å². The van der Waals surface area contributed by atoms with Gasteiger partial charge in [0.2, 0.25) is 0 Å². The van der Waals surface area contributed by atoms with E-state index in [1.54, 1.807) is 0 Å². The number of hydrogen-bond donors (Lipinski definition) is 1. The summed E-state index contributed by atoms with van der Waals surface area (Å²) in [4.78, 5) is 20.2. The maximum Gasteiger partial charge on any atom is 0.266 e. The predicted octanol–water partition coefficient (Wildman–Crippen LogP) is 3.10. The third kappa shape index (κ3) is 2.33. The summed E-state index contributed by atoms with van der Waals surface area (Å²) in [6.07, 6.45) is 12.2. The molecule has 1 aliphatic carbocycles. The molecule has 3 aliphatic rings. The van der Waals surface area contributed by atoms with Crippen LogP contribution in [-0.4, -0.2) is 31.2 Å². The minimum Gasteiger partial charge on any atom is -0.371 e. The quantitative estimate of drug-likeness (QED) is 0.859. The van der Waals surface area contributed by atoms with E-state index in [1.807, 2.05) is 6.07 Å². The minimum absolute atomic E-state index is 0.145. The van der Waals surface area contributed by atoms with Crippen molar-refractivity contribution in [3.63, 3.8) is 0 Å². The summed E-state index contributed by atoms with van der Waals surface area (Å²) in [5.41, 5.74) is 4.03. The van der Waals surface area contributed by atoms with Crippen LogP contribution >= 0.6 is 0 Å². The van der Waals surface area contributed by atoms with Gasteiger partial charge >= 0.3 is 0 Å². The number of aromatic nitrogens is 1. The highest BCUT2D eigenvalue weighted by molar-refractivity contribution is 5.96. The van der Waals surface area contributed by atoms with Gasteiger partial charge in [0.1, 0.15) is 5.56 Å². The van der Waals surface area contributed by atoms with Crippen LogP contribution in [0.5, 0.6) is 0 Å². The van der Waals surface area contributed by atoms with Crippen molar-refractivity contribution in [2.75, 3.05) is 36.0 Å². The Morgan fingerprint density at radius 3 is 2.40 bits per heavy atom. The molecule has 1 aromatic carbocycles. The molecule has 4 heteroatoms. The number of anilines is 2. The lowest BCUT2D eigenvalue weighted by molar-refractivity contribution is 0.385. The van der Waals surface area contributed by atoms with Crippen LogP contribution in [0.1, 0.15) is 37.7 Å². The highest BCUT2D eigenvalue weighted by Gasteiger charge is 2.44. The topological polar surface area (TPSA) is 39.3 Å². The molecule has 1 N–H and O–H groups in total. The minimum atomic E-state index is -0.145. The molecule has 0 amide bonds. The average Bonchev–Trinajstić information content (AvgIpc) is 3.32. The van der Waals surface area contributed by atoms with Crippen molar-refractivity contribution in [3.05, 3.63) is 34.1 Å². The van der Waals surface area contributed by atoms with Crippen LogP contribution in [0.3, 0.4) is 0 Å². The van der Waals surface area contributed by atoms with Gasteiger partial charge in [-0.3, -0.25) is 4.79 Å². The summed E-state index contributed by atoms with van der Waals surface area (Å²) < 4.78 is 0. The number of H-pyrrole nitrogens is 1. The fourth-order valence-electron chi connectivity index (χ4n) is 4.38. The fraction of sp³-hybridized carbons (Fsp3) is 0.476. The lowest BCUT2D eigenvalue weighted by Crippen LogP contribution is -2.37. The first-order valence-electron chi connectivity index (χ1n) is 9.36. The molecule has 4 nitrogen and oxygen atoms in total. The number of nitrogens with zero attached hydrogens (tertiary/aromatic N) is 2. The number of pyridine rings is 1. The molecule has 2 aliphatic heterocycles. The number of benzene rings is 1. The van der Waals surface area contributed by atoms with E-state index in [4.69, 9.17) is 6.42 Å². The number of aromatic amines is 1. The standard InChI is InChI=1S/C21H23N3O/c1-2-16-19(24-12-8-21(6-7-21)9-13-24)17-14-15(23-10-3-11-23)4-5-18(17)22-20(16)25/h1,4-5,14H,3,6-13H2,(H,22,25). The fourth-order valence-corrected chi connectivity index (χ4v) is 4.38. The van der Waals surface area contributed by atoms with Crippen LogP contribution in [-0.2, 0) is 0 Å². The number of rotatable bonds is 2. The second-order valence-electron chi connectivity index (χ2n) is 7.88. The van der Waals surface area contributed by atoms with E-state index in [9.17, 15) is 4.79 Å². The van der Waals surface area contributed by atoms with Crippen molar-refractivity contribution in [1.82, 2.24) is 4.98 Å². The third-order valence-electron chi connectivity index (χ3n) is 6.43. The van der Waals surface area contributed by atoms with Gasteiger partial charge in [0, 0.05) is 37.3 Å². The molecule has 0 bridgehead atoms. The smallest absolute Gasteiger partial charge is 0.266 e. The summed E-state index contributed by atoms with van der Waals surface area (Å²) in [6.45, 7) is 4.22. The highest BCUT2D eigenvalue weighted by Crippen LogP contribution is 2.54. The van der Waals surface area contributed by atoms with Crippen LogP contribution in [0.4, 0.5) is 11.4 Å². The van der Waals surface area contributed by atoms with E-state index in [1.165, 1.54) is 37.8 Å². The second kappa shape index (κ2) is 5.29. The van der Waals surface area contributed by atoms with Gasteiger partial charge in [-0.15, -0.1) is 6.42 Å². The molecule has 1 spiro atoms. The zero-order chi connectivity index (χ0) is 17.0. The molecule has 2 aromatic rings. The van der Waals surface area contributed by atoms with E-state index >= 15 is 0 Å². The molecule has 0 unspecified atom stereocenters. The first-order chi connectivity index (χ1) is 12.2. The van der Waals surface area contributed by atoms with E-state index in [-0.39, 0.29) is 5.56 Å². The molecule has 5 rings (SSSR count). The van der Waals surface area contributed by atoms with Gasteiger partial charge in [-0.2, -0.15) is 0 Å². The van der Waals surface area contributed by atoms with Crippen molar-refractivity contribution in [2.45, 2.75) is 32.1 Å². The average molecular weight is 333 g/mol. The largest absolute Gasteiger partial charge is 0.371 e. The van der Waals surface area contributed by atoms with Crippen molar-refractivity contribution in [1.29, 1.82) is 0 Å². The van der Waals surface area contributed by atoms with Gasteiger partial charge < -0.3 is 14.8 Å². The molecule has 1 aromatic heterocycles. The summed E-state index contributed by atoms with van der Waals surface area (Å²) in [7, 11) is 0. The van der Waals surface area contributed by atoms with Gasteiger partial charge in [0.05, 0.1) is 11.2 Å². The van der Waals surface area contributed by atoms with Crippen molar-refractivity contribution >= 4 is 22.3 Å². The molecular formula is C21H23N3O. The molecule has 0 atom stereocenters. The monoisotopic (exact) mass is 333 g/mol.